The Hall–Kier alpha value is -1.60. The van der Waals surface area contributed by atoms with Crippen molar-refractivity contribution in [3.8, 4) is 0 Å². The molecule has 0 heterocycles. The summed E-state index contributed by atoms with van der Waals surface area (Å²) >= 11 is 0. The van der Waals surface area contributed by atoms with Gasteiger partial charge in [-0.1, -0.05) is 60.2 Å². The fourth-order valence-corrected chi connectivity index (χ4v) is 1.95. The lowest BCUT2D eigenvalue weighted by molar-refractivity contribution is 0.819. The summed E-state index contributed by atoms with van der Waals surface area (Å²) in [5, 5.41) is 0. The summed E-state index contributed by atoms with van der Waals surface area (Å²) in [5.41, 5.74) is 9.74. The van der Waals surface area contributed by atoms with Crippen LogP contribution in [0.1, 0.15) is 22.6 Å². The summed E-state index contributed by atoms with van der Waals surface area (Å²) in [4.78, 5) is 0. The SMILES string of the molecule is Cc1ccc([C@H](CN)c2ccccc2)cc1. The van der Waals surface area contributed by atoms with Gasteiger partial charge in [0.1, 0.15) is 0 Å². The highest BCUT2D eigenvalue weighted by Crippen LogP contribution is 2.23. The number of rotatable bonds is 3. The molecule has 0 radical (unpaired) electrons. The zero-order chi connectivity index (χ0) is 11.4. The summed E-state index contributed by atoms with van der Waals surface area (Å²) in [6.07, 6.45) is 0. The molecule has 2 rings (SSSR count). The minimum atomic E-state index is 0.307. The van der Waals surface area contributed by atoms with Crippen LogP contribution in [0.4, 0.5) is 0 Å². The normalized spacial score (nSPS) is 12.4. The molecule has 0 aliphatic rings. The van der Waals surface area contributed by atoms with E-state index in [4.69, 9.17) is 5.73 Å². The standard InChI is InChI=1S/C15H17N/c1-12-7-9-14(10-8-12)15(11-16)13-5-3-2-4-6-13/h2-10,15H,11,16H2,1H3/t15-/m1/s1. The molecular weight excluding hydrogens is 194 g/mol. The Kier molecular flexibility index (Phi) is 3.37. The van der Waals surface area contributed by atoms with Crippen molar-refractivity contribution < 1.29 is 0 Å². The molecular formula is C15H17N. The van der Waals surface area contributed by atoms with E-state index < -0.39 is 0 Å². The molecule has 0 unspecified atom stereocenters. The topological polar surface area (TPSA) is 26.0 Å². The maximum Gasteiger partial charge on any atom is 0.0212 e. The van der Waals surface area contributed by atoms with Crippen LogP contribution in [0, 0.1) is 6.92 Å². The first kappa shape index (κ1) is 10.9. The Labute approximate surface area is 96.9 Å². The summed E-state index contributed by atoms with van der Waals surface area (Å²) in [7, 11) is 0. The molecule has 1 heteroatoms. The predicted octanol–water partition coefficient (Wildman–Crippen LogP) is 3.09. The highest BCUT2D eigenvalue weighted by Gasteiger charge is 2.11. The maximum absolute atomic E-state index is 5.87. The number of hydrogen-bond acceptors (Lipinski definition) is 1. The third-order valence-corrected chi connectivity index (χ3v) is 2.92. The Bertz CT molecular complexity index is 431. The largest absolute Gasteiger partial charge is 0.330 e. The van der Waals surface area contributed by atoms with Gasteiger partial charge in [0.15, 0.2) is 0 Å². The molecule has 0 spiro atoms. The first-order chi connectivity index (χ1) is 7.81. The second-order valence-corrected chi connectivity index (χ2v) is 4.11. The second-order valence-electron chi connectivity index (χ2n) is 4.11. The van der Waals surface area contributed by atoms with E-state index in [1.165, 1.54) is 16.7 Å². The third-order valence-electron chi connectivity index (χ3n) is 2.92. The Morgan fingerprint density at radius 1 is 0.875 bits per heavy atom. The molecule has 1 nitrogen and oxygen atoms in total. The monoisotopic (exact) mass is 211 g/mol. The summed E-state index contributed by atoms with van der Waals surface area (Å²) in [5.74, 6) is 0.307. The van der Waals surface area contributed by atoms with Crippen LogP contribution < -0.4 is 5.73 Å². The molecule has 0 saturated carbocycles. The van der Waals surface area contributed by atoms with Gasteiger partial charge in [-0.2, -0.15) is 0 Å². The molecule has 0 saturated heterocycles. The van der Waals surface area contributed by atoms with Crippen molar-refractivity contribution in [2.75, 3.05) is 6.54 Å². The predicted molar refractivity (Wildman–Crippen MR) is 68.5 cm³/mol. The summed E-state index contributed by atoms with van der Waals surface area (Å²) in [6, 6.07) is 19.0. The van der Waals surface area contributed by atoms with Crippen LogP contribution >= 0.6 is 0 Å². The maximum atomic E-state index is 5.87. The molecule has 0 aromatic heterocycles. The van der Waals surface area contributed by atoms with Crippen molar-refractivity contribution in [2.45, 2.75) is 12.8 Å². The van der Waals surface area contributed by atoms with Crippen molar-refractivity contribution in [3.63, 3.8) is 0 Å². The molecule has 0 fully saturated rings. The summed E-state index contributed by atoms with van der Waals surface area (Å²) < 4.78 is 0. The van der Waals surface area contributed by atoms with E-state index in [2.05, 4.69) is 55.5 Å². The first-order valence-electron chi connectivity index (χ1n) is 5.63. The molecule has 16 heavy (non-hydrogen) atoms. The van der Waals surface area contributed by atoms with E-state index in [0.717, 1.165) is 0 Å². The van der Waals surface area contributed by atoms with Gasteiger partial charge in [0.25, 0.3) is 0 Å². The van der Waals surface area contributed by atoms with Crippen LogP contribution in [0.2, 0.25) is 0 Å². The van der Waals surface area contributed by atoms with E-state index in [9.17, 15) is 0 Å². The molecule has 2 aromatic rings. The minimum Gasteiger partial charge on any atom is -0.330 e. The van der Waals surface area contributed by atoms with Gasteiger partial charge in [-0.3, -0.25) is 0 Å². The van der Waals surface area contributed by atoms with Gasteiger partial charge in [0.05, 0.1) is 0 Å². The molecule has 0 bridgehead atoms. The van der Waals surface area contributed by atoms with Gasteiger partial charge >= 0.3 is 0 Å². The Morgan fingerprint density at radius 3 is 2.00 bits per heavy atom. The van der Waals surface area contributed by atoms with Gasteiger partial charge < -0.3 is 5.73 Å². The average molecular weight is 211 g/mol. The smallest absolute Gasteiger partial charge is 0.0212 e. The number of nitrogens with two attached hydrogens (primary N) is 1. The molecule has 1 atom stereocenters. The van der Waals surface area contributed by atoms with E-state index >= 15 is 0 Å². The molecule has 0 aliphatic heterocycles. The molecule has 2 aromatic carbocycles. The Morgan fingerprint density at radius 2 is 1.44 bits per heavy atom. The van der Waals surface area contributed by atoms with Gasteiger partial charge in [0.2, 0.25) is 0 Å². The van der Waals surface area contributed by atoms with Gasteiger partial charge in [-0.25, -0.2) is 0 Å². The molecule has 82 valence electrons. The van der Waals surface area contributed by atoms with Crippen molar-refractivity contribution in [3.05, 3.63) is 71.3 Å². The molecule has 2 N–H and O–H groups in total. The zero-order valence-corrected chi connectivity index (χ0v) is 9.56. The van der Waals surface area contributed by atoms with Crippen LogP contribution in [0.3, 0.4) is 0 Å². The van der Waals surface area contributed by atoms with E-state index in [0.29, 0.717) is 12.5 Å². The highest BCUT2D eigenvalue weighted by atomic mass is 14.5. The lowest BCUT2D eigenvalue weighted by Crippen LogP contribution is -2.13. The van der Waals surface area contributed by atoms with Crippen LogP contribution in [0.5, 0.6) is 0 Å². The van der Waals surface area contributed by atoms with Crippen molar-refractivity contribution >= 4 is 0 Å². The van der Waals surface area contributed by atoms with E-state index in [-0.39, 0.29) is 0 Å². The molecule has 0 aliphatic carbocycles. The van der Waals surface area contributed by atoms with Crippen molar-refractivity contribution in [1.29, 1.82) is 0 Å². The Balaban J connectivity index is 2.33. The quantitative estimate of drug-likeness (QED) is 0.829. The number of hydrogen-bond donors (Lipinski definition) is 1. The molecule has 0 amide bonds. The van der Waals surface area contributed by atoms with Gasteiger partial charge in [-0.05, 0) is 18.1 Å². The fraction of sp³-hybridized carbons (Fsp3) is 0.200. The minimum absolute atomic E-state index is 0.307. The van der Waals surface area contributed by atoms with E-state index in [1.807, 2.05) is 6.07 Å². The average Bonchev–Trinajstić information content (AvgIpc) is 2.34. The van der Waals surface area contributed by atoms with Crippen LogP contribution in [0.25, 0.3) is 0 Å². The van der Waals surface area contributed by atoms with Crippen molar-refractivity contribution in [2.24, 2.45) is 5.73 Å². The van der Waals surface area contributed by atoms with Crippen LogP contribution in [-0.4, -0.2) is 6.54 Å². The van der Waals surface area contributed by atoms with Crippen LogP contribution in [0.15, 0.2) is 54.6 Å². The van der Waals surface area contributed by atoms with Gasteiger partial charge in [-0.15, -0.1) is 0 Å². The lowest BCUT2D eigenvalue weighted by atomic mass is 9.91. The van der Waals surface area contributed by atoms with E-state index in [1.54, 1.807) is 0 Å². The second kappa shape index (κ2) is 4.95. The highest BCUT2D eigenvalue weighted by molar-refractivity contribution is 5.34. The van der Waals surface area contributed by atoms with Crippen molar-refractivity contribution in [1.82, 2.24) is 0 Å². The van der Waals surface area contributed by atoms with Crippen LogP contribution in [-0.2, 0) is 0 Å². The first-order valence-corrected chi connectivity index (χ1v) is 5.63. The third kappa shape index (κ3) is 2.31. The number of benzene rings is 2. The zero-order valence-electron chi connectivity index (χ0n) is 9.56. The summed E-state index contributed by atoms with van der Waals surface area (Å²) in [6.45, 7) is 2.75. The fourth-order valence-electron chi connectivity index (χ4n) is 1.95. The number of aryl methyl sites for hydroxylation is 1. The van der Waals surface area contributed by atoms with Gasteiger partial charge in [0, 0.05) is 12.5 Å². The lowest BCUT2D eigenvalue weighted by Gasteiger charge is -2.15.